The molecule has 1 unspecified atom stereocenters. The van der Waals surface area contributed by atoms with Crippen molar-refractivity contribution < 1.29 is 19.1 Å². The second kappa shape index (κ2) is 10.6. The van der Waals surface area contributed by atoms with E-state index in [1.165, 1.54) is 23.1 Å². The third kappa shape index (κ3) is 5.10. The van der Waals surface area contributed by atoms with Gasteiger partial charge in [0.05, 0.1) is 25.0 Å². The van der Waals surface area contributed by atoms with Crippen molar-refractivity contribution in [2.24, 2.45) is 5.92 Å². The van der Waals surface area contributed by atoms with Crippen LogP contribution in [0.1, 0.15) is 46.6 Å². The molecule has 11 heteroatoms. The number of rotatable bonds is 8. The standard InChI is InChI=1S/C23H27N5O4S2/c1-5-32-22(30)20-15-8-6-14(3)11-18(15)34-21(20)24-19(29)12-33-23-25-26-27-28(23)16-10-13(2)7-9-17(16)31-4/h7,9-10,14H,5-6,8,11-12H2,1-4H3,(H,24,29). The number of thiophene rings is 1. The Bertz CT molecular complexity index is 1210. The maximum absolute atomic E-state index is 12.9. The van der Waals surface area contributed by atoms with Gasteiger partial charge in [-0.2, -0.15) is 4.68 Å². The molecule has 0 saturated heterocycles. The summed E-state index contributed by atoms with van der Waals surface area (Å²) in [5.41, 5.74) is 3.24. The highest BCUT2D eigenvalue weighted by atomic mass is 32.2. The summed E-state index contributed by atoms with van der Waals surface area (Å²) in [7, 11) is 1.58. The Hall–Kier alpha value is -2.92. The van der Waals surface area contributed by atoms with Crippen LogP contribution in [0.4, 0.5) is 5.00 Å². The van der Waals surface area contributed by atoms with E-state index in [4.69, 9.17) is 9.47 Å². The number of hydrogen-bond donors (Lipinski definition) is 1. The van der Waals surface area contributed by atoms with Crippen LogP contribution in [0, 0.1) is 12.8 Å². The Morgan fingerprint density at radius 1 is 1.35 bits per heavy atom. The molecule has 1 aliphatic rings. The number of ether oxygens (including phenoxy) is 2. The molecule has 1 atom stereocenters. The summed E-state index contributed by atoms with van der Waals surface area (Å²) in [5, 5.41) is 15.9. The van der Waals surface area contributed by atoms with Gasteiger partial charge in [-0.1, -0.05) is 24.8 Å². The number of aryl methyl sites for hydroxylation is 1. The van der Waals surface area contributed by atoms with E-state index in [1.54, 1.807) is 18.7 Å². The molecule has 4 rings (SSSR count). The van der Waals surface area contributed by atoms with Crippen molar-refractivity contribution in [2.45, 2.75) is 45.2 Å². The predicted molar refractivity (Wildman–Crippen MR) is 131 cm³/mol. The second-order valence-electron chi connectivity index (χ2n) is 8.16. The quantitative estimate of drug-likeness (QED) is 0.363. The third-order valence-corrected chi connectivity index (χ3v) is 7.67. The average molecular weight is 502 g/mol. The molecule has 0 aliphatic heterocycles. The minimum absolute atomic E-state index is 0.0791. The fourth-order valence-electron chi connectivity index (χ4n) is 3.94. The molecule has 0 radical (unpaired) electrons. The monoisotopic (exact) mass is 501 g/mol. The van der Waals surface area contributed by atoms with E-state index in [-0.39, 0.29) is 24.2 Å². The molecule has 34 heavy (non-hydrogen) atoms. The van der Waals surface area contributed by atoms with Crippen molar-refractivity contribution in [1.29, 1.82) is 0 Å². The van der Waals surface area contributed by atoms with Crippen molar-refractivity contribution in [3.8, 4) is 11.4 Å². The predicted octanol–water partition coefficient (Wildman–Crippen LogP) is 4.07. The first-order valence-electron chi connectivity index (χ1n) is 11.1. The average Bonchev–Trinajstić information content (AvgIpc) is 3.41. The lowest BCUT2D eigenvalue weighted by Gasteiger charge is -2.18. The van der Waals surface area contributed by atoms with E-state index >= 15 is 0 Å². The van der Waals surface area contributed by atoms with E-state index in [9.17, 15) is 9.59 Å². The van der Waals surface area contributed by atoms with Gasteiger partial charge in [0.1, 0.15) is 16.4 Å². The van der Waals surface area contributed by atoms with E-state index < -0.39 is 0 Å². The molecule has 180 valence electrons. The summed E-state index contributed by atoms with van der Waals surface area (Å²) < 4.78 is 12.3. The van der Waals surface area contributed by atoms with Gasteiger partial charge in [-0.3, -0.25) is 4.79 Å². The molecule has 1 aliphatic carbocycles. The zero-order valence-electron chi connectivity index (χ0n) is 19.6. The van der Waals surface area contributed by atoms with Crippen molar-refractivity contribution >= 4 is 40.0 Å². The molecule has 0 bridgehead atoms. The highest BCUT2D eigenvalue weighted by Crippen LogP contribution is 2.40. The maximum Gasteiger partial charge on any atom is 0.341 e. The van der Waals surface area contributed by atoms with Crippen molar-refractivity contribution in [1.82, 2.24) is 20.2 Å². The normalized spacial score (nSPS) is 15.0. The lowest BCUT2D eigenvalue weighted by atomic mass is 9.88. The SMILES string of the molecule is CCOC(=O)c1c(NC(=O)CSc2nnnn2-c2cc(C)ccc2OC)sc2c1CCC(C)C2. The molecule has 2 aromatic heterocycles. The molecule has 1 amide bonds. The lowest BCUT2D eigenvalue weighted by molar-refractivity contribution is -0.113. The van der Waals surface area contributed by atoms with Crippen molar-refractivity contribution in [3.05, 3.63) is 39.8 Å². The van der Waals surface area contributed by atoms with Gasteiger partial charge in [-0.05, 0) is 72.7 Å². The van der Waals surface area contributed by atoms with Crippen LogP contribution in [0.5, 0.6) is 5.75 Å². The molecule has 0 fully saturated rings. The lowest BCUT2D eigenvalue weighted by Crippen LogP contribution is -2.18. The van der Waals surface area contributed by atoms with E-state index in [1.807, 2.05) is 25.1 Å². The summed E-state index contributed by atoms with van der Waals surface area (Å²) in [6.07, 6.45) is 2.74. The molecular formula is C23H27N5O4S2. The van der Waals surface area contributed by atoms with Crippen LogP contribution in [0.3, 0.4) is 0 Å². The van der Waals surface area contributed by atoms with Gasteiger partial charge in [0, 0.05) is 4.88 Å². The number of fused-ring (bicyclic) bond motifs is 1. The molecule has 1 aromatic carbocycles. The smallest absolute Gasteiger partial charge is 0.341 e. The van der Waals surface area contributed by atoms with Gasteiger partial charge in [0.15, 0.2) is 0 Å². The molecule has 0 spiro atoms. The van der Waals surface area contributed by atoms with Crippen LogP contribution in [0.15, 0.2) is 23.4 Å². The Morgan fingerprint density at radius 3 is 2.94 bits per heavy atom. The Kier molecular flexibility index (Phi) is 7.52. The number of thioether (sulfide) groups is 1. The number of carbonyl (C=O) groups excluding carboxylic acids is 2. The molecule has 2 heterocycles. The highest BCUT2D eigenvalue weighted by molar-refractivity contribution is 7.99. The molecule has 3 aromatic rings. The number of benzene rings is 1. The Labute approximate surface area is 206 Å². The Balaban J connectivity index is 1.51. The number of methoxy groups -OCH3 is 1. The third-order valence-electron chi connectivity index (χ3n) is 5.58. The van der Waals surface area contributed by atoms with Gasteiger partial charge in [-0.15, -0.1) is 16.4 Å². The first-order valence-corrected chi connectivity index (χ1v) is 12.9. The molecular weight excluding hydrogens is 474 g/mol. The minimum Gasteiger partial charge on any atom is -0.494 e. The molecule has 9 nitrogen and oxygen atoms in total. The maximum atomic E-state index is 12.9. The Morgan fingerprint density at radius 2 is 2.18 bits per heavy atom. The van der Waals surface area contributed by atoms with Crippen molar-refractivity contribution in [2.75, 3.05) is 24.8 Å². The summed E-state index contributed by atoms with van der Waals surface area (Å²) in [6.45, 7) is 6.24. The van der Waals surface area contributed by atoms with E-state index in [2.05, 4.69) is 27.8 Å². The summed E-state index contributed by atoms with van der Waals surface area (Å²) >= 11 is 2.68. The number of amides is 1. The van der Waals surface area contributed by atoms with Crippen LogP contribution in [-0.2, 0) is 22.4 Å². The zero-order valence-corrected chi connectivity index (χ0v) is 21.2. The van der Waals surface area contributed by atoms with Crippen LogP contribution in [0.25, 0.3) is 5.69 Å². The minimum atomic E-state index is -0.381. The molecule has 0 saturated carbocycles. The first kappa shape index (κ1) is 24.2. The van der Waals surface area contributed by atoms with Crippen LogP contribution >= 0.6 is 23.1 Å². The number of anilines is 1. The van der Waals surface area contributed by atoms with Gasteiger partial charge in [0.2, 0.25) is 11.1 Å². The first-order chi connectivity index (χ1) is 16.4. The van der Waals surface area contributed by atoms with Gasteiger partial charge >= 0.3 is 5.97 Å². The zero-order chi connectivity index (χ0) is 24.2. The summed E-state index contributed by atoms with van der Waals surface area (Å²) in [5.74, 6) is 0.635. The van der Waals surface area contributed by atoms with Crippen LogP contribution in [0.2, 0.25) is 0 Å². The van der Waals surface area contributed by atoms with E-state index in [0.717, 1.165) is 35.3 Å². The second-order valence-corrected chi connectivity index (χ2v) is 10.2. The van der Waals surface area contributed by atoms with Gasteiger partial charge < -0.3 is 14.8 Å². The summed E-state index contributed by atoms with van der Waals surface area (Å²) in [6, 6.07) is 5.71. The molecule has 1 N–H and O–H groups in total. The number of esters is 1. The van der Waals surface area contributed by atoms with Gasteiger partial charge in [0.25, 0.3) is 0 Å². The van der Waals surface area contributed by atoms with Crippen molar-refractivity contribution in [3.63, 3.8) is 0 Å². The van der Waals surface area contributed by atoms with Gasteiger partial charge in [-0.25, -0.2) is 4.79 Å². The highest BCUT2D eigenvalue weighted by Gasteiger charge is 2.29. The fourth-order valence-corrected chi connectivity index (χ4v) is 6.04. The van der Waals surface area contributed by atoms with Crippen LogP contribution in [-0.4, -0.2) is 51.6 Å². The largest absolute Gasteiger partial charge is 0.494 e. The fraction of sp³-hybridized carbons (Fsp3) is 0.435. The number of carbonyl (C=O) groups is 2. The van der Waals surface area contributed by atoms with E-state index in [0.29, 0.717) is 33.1 Å². The number of nitrogens with one attached hydrogen (secondary N) is 1. The topological polar surface area (TPSA) is 108 Å². The number of tetrazole rings is 1. The number of nitrogens with zero attached hydrogens (tertiary/aromatic N) is 4. The number of hydrogen-bond acceptors (Lipinski definition) is 9. The van der Waals surface area contributed by atoms with Crippen LogP contribution < -0.4 is 10.1 Å². The summed E-state index contributed by atoms with van der Waals surface area (Å²) in [4.78, 5) is 26.7. The number of aromatic nitrogens is 4.